The number of nitro groups is 2. The normalized spacial score (nSPS) is 12.8. The molecular weight excluding hydrogens is 532 g/mol. The Kier molecular flexibility index (Phi) is 4.68. The molecule has 42 heavy (non-hydrogen) atoms. The molecule has 198 valence electrons. The van der Waals surface area contributed by atoms with Crippen LogP contribution in [0, 0.1) is 20.2 Å². The van der Waals surface area contributed by atoms with Crippen LogP contribution >= 0.6 is 0 Å². The Bertz CT molecular complexity index is 2300. The molecular formula is C34H16N2O6. The Balaban J connectivity index is 1.52. The lowest BCUT2D eigenvalue weighted by Crippen LogP contribution is -2.13. The summed E-state index contributed by atoms with van der Waals surface area (Å²) in [6, 6.07) is 27.2. The highest BCUT2D eigenvalue weighted by Crippen LogP contribution is 2.51. The second-order valence-electron chi connectivity index (χ2n) is 10.4. The maximum atomic E-state index is 13.5. The second kappa shape index (κ2) is 8.25. The third-order valence-electron chi connectivity index (χ3n) is 8.30. The van der Waals surface area contributed by atoms with E-state index in [1.807, 2.05) is 18.2 Å². The SMILES string of the molecule is O=C1c2c(cccc2[N+](=O)[O-])-c2cc(-c3cc4cccc5c4c(c3[N+](=O)[O-])-c3ccccc3C5=O)cc3cccc1c23. The number of carbonyl (C=O) groups excluding carboxylic acids is 2. The van der Waals surface area contributed by atoms with Crippen molar-refractivity contribution in [1.29, 1.82) is 0 Å². The van der Waals surface area contributed by atoms with Crippen LogP contribution in [-0.4, -0.2) is 21.4 Å². The predicted molar refractivity (Wildman–Crippen MR) is 158 cm³/mol. The first-order chi connectivity index (χ1) is 20.3. The van der Waals surface area contributed by atoms with Gasteiger partial charge in [0.25, 0.3) is 11.4 Å². The van der Waals surface area contributed by atoms with Gasteiger partial charge in [-0.3, -0.25) is 29.8 Å². The van der Waals surface area contributed by atoms with Crippen molar-refractivity contribution in [3.05, 3.63) is 140 Å². The van der Waals surface area contributed by atoms with Crippen LogP contribution in [0.4, 0.5) is 11.4 Å². The minimum atomic E-state index is -0.568. The van der Waals surface area contributed by atoms with Gasteiger partial charge >= 0.3 is 0 Å². The summed E-state index contributed by atoms with van der Waals surface area (Å²) >= 11 is 0. The van der Waals surface area contributed by atoms with E-state index in [9.17, 15) is 29.8 Å². The number of hydrogen-bond acceptors (Lipinski definition) is 6. The predicted octanol–water partition coefficient (Wildman–Crippen LogP) is 7.90. The molecule has 0 bridgehead atoms. The van der Waals surface area contributed by atoms with E-state index in [4.69, 9.17) is 0 Å². The van der Waals surface area contributed by atoms with Gasteiger partial charge < -0.3 is 0 Å². The van der Waals surface area contributed by atoms with Gasteiger partial charge in [0, 0.05) is 44.7 Å². The fourth-order valence-corrected chi connectivity index (χ4v) is 6.63. The van der Waals surface area contributed by atoms with Gasteiger partial charge in [0.15, 0.2) is 5.78 Å². The highest BCUT2D eigenvalue weighted by Gasteiger charge is 2.35. The fourth-order valence-electron chi connectivity index (χ4n) is 6.63. The molecule has 0 saturated carbocycles. The maximum absolute atomic E-state index is 13.5. The van der Waals surface area contributed by atoms with Crippen LogP contribution in [0.25, 0.3) is 54.9 Å². The monoisotopic (exact) mass is 548 g/mol. The van der Waals surface area contributed by atoms with E-state index in [1.165, 1.54) is 12.1 Å². The first-order valence-electron chi connectivity index (χ1n) is 13.1. The fraction of sp³-hybridized carbons (Fsp3) is 0. The van der Waals surface area contributed by atoms with Crippen molar-refractivity contribution in [1.82, 2.24) is 0 Å². The van der Waals surface area contributed by atoms with E-state index >= 15 is 0 Å². The molecule has 2 aliphatic carbocycles. The number of benzene rings is 6. The molecule has 0 aliphatic heterocycles. The van der Waals surface area contributed by atoms with Crippen LogP contribution in [0.15, 0.2) is 97.1 Å². The highest BCUT2D eigenvalue weighted by atomic mass is 16.6. The largest absolute Gasteiger partial charge is 0.289 e. The van der Waals surface area contributed by atoms with Gasteiger partial charge in [0.2, 0.25) is 5.78 Å². The Morgan fingerprint density at radius 3 is 1.81 bits per heavy atom. The minimum absolute atomic E-state index is 0.000152. The molecule has 0 unspecified atom stereocenters. The van der Waals surface area contributed by atoms with Gasteiger partial charge in [0.1, 0.15) is 5.56 Å². The smallest absolute Gasteiger partial charge is 0.285 e. The highest BCUT2D eigenvalue weighted by molar-refractivity contribution is 6.29. The number of nitro benzene ring substituents is 2. The lowest BCUT2D eigenvalue weighted by Gasteiger charge is -2.23. The van der Waals surface area contributed by atoms with Crippen LogP contribution in [0.1, 0.15) is 31.8 Å². The van der Waals surface area contributed by atoms with Crippen molar-refractivity contribution in [2.45, 2.75) is 0 Å². The van der Waals surface area contributed by atoms with Gasteiger partial charge in [-0.15, -0.1) is 0 Å². The second-order valence-corrected chi connectivity index (χ2v) is 10.4. The van der Waals surface area contributed by atoms with Crippen molar-refractivity contribution < 1.29 is 19.4 Å². The molecule has 8 nitrogen and oxygen atoms in total. The van der Waals surface area contributed by atoms with Crippen LogP contribution in [0.2, 0.25) is 0 Å². The molecule has 0 saturated heterocycles. The molecule has 2 aliphatic rings. The summed E-state index contributed by atoms with van der Waals surface area (Å²) in [7, 11) is 0. The summed E-state index contributed by atoms with van der Waals surface area (Å²) in [6.07, 6.45) is 0. The third kappa shape index (κ3) is 3.00. The number of rotatable bonds is 3. The van der Waals surface area contributed by atoms with Crippen LogP contribution in [-0.2, 0) is 0 Å². The summed E-state index contributed by atoms with van der Waals surface area (Å²) in [5, 5.41) is 27.3. The van der Waals surface area contributed by atoms with Crippen molar-refractivity contribution >= 4 is 44.5 Å². The molecule has 0 radical (unpaired) electrons. The van der Waals surface area contributed by atoms with E-state index in [2.05, 4.69) is 0 Å². The van der Waals surface area contributed by atoms with Gasteiger partial charge in [0.05, 0.1) is 21.0 Å². The first-order valence-corrected chi connectivity index (χ1v) is 13.1. The number of ketones is 2. The zero-order valence-electron chi connectivity index (χ0n) is 21.6. The molecule has 0 N–H and O–H groups in total. The number of carbonyl (C=O) groups is 2. The Morgan fingerprint density at radius 1 is 0.476 bits per heavy atom. The van der Waals surface area contributed by atoms with E-state index in [-0.39, 0.29) is 22.7 Å². The van der Waals surface area contributed by atoms with Crippen molar-refractivity contribution in [3.8, 4) is 33.4 Å². The number of nitrogens with zero attached hydrogens (tertiary/aromatic N) is 2. The molecule has 6 aromatic carbocycles. The van der Waals surface area contributed by atoms with Crippen molar-refractivity contribution in [2.24, 2.45) is 0 Å². The van der Waals surface area contributed by atoms with E-state index in [0.717, 1.165) is 0 Å². The maximum Gasteiger partial charge on any atom is 0.285 e. The third-order valence-corrected chi connectivity index (χ3v) is 8.30. The zero-order chi connectivity index (χ0) is 28.9. The molecule has 0 atom stereocenters. The molecule has 0 heterocycles. The molecule has 0 fully saturated rings. The van der Waals surface area contributed by atoms with Gasteiger partial charge in [-0.05, 0) is 40.1 Å². The molecule has 6 aromatic rings. The quantitative estimate of drug-likeness (QED) is 0.163. The summed E-state index contributed by atoms with van der Waals surface area (Å²) < 4.78 is 0. The number of hydrogen-bond donors (Lipinski definition) is 0. The van der Waals surface area contributed by atoms with Crippen LogP contribution in [0.5, 0.6) is 0 Å². The van der Waals surface area contributed by atoms with Crippen LogP contribution < -0.4 is 0 Å². The standard InChI is InChI=1S/C34H16N2O6/c37-33-22-9-2-1-8-20(22)31-29-18(7-4-12-24(29)33)15-25(32(31)36(41)42)19-14-17-6-3-11-23-28(17)26(16-19)21-10-5-13-27(35(39)40)30(21)34(23)38/h1-16H. The van der Waals surface area contributed by atoms with Crippen molar-refractivity contribution in [2.75, 3.05) is 0 Å². The lowest BCUT2D eigenvalue weighted by atomic mass is 9.78. The molecule has 8 heteroatoms. The Morgan fingerprint density at radius 2 is 1.10 bits per heavy atom. The van der Waals surface area contributed by atoms with E-state index in [0.29, 0.717) is 71.6 Å². The Hall–Kier alpha value is -6.02. The summed E-state index contributed by atoms with van der Waals surface area (Å²) in [6.45, 7) is 0. The summed E-state index contributed by atoms with van der Waals surface area (Å²) in [4.78, 5) is 50.7. The molecule has 8 rings (SSSR count). The van der Waals surface area contributed by atoms with Crippen LogP contribution in [0.3, 0.4) is 0 Å². The average Bonchev–Trinajstić information content (AvgIpc) is 3.00. The van der Waals surface area contributed by atoms with Gasteiger partial charge in [-0.25, -0.2) is 0 Å². The zero-order valence-corrected chi connectivity index (χ0v) is 21.6. The van der Waals surface area contributed by atoms with Gasteiger partial charge in [-0.1, -0.05) is 72.8 Å². The molecule has 0 aromatic heterocycles. The Labute approximate surface area is 236 Å². The summed E-state index contributed by atoms with van der Waals surface area (Å²) in [5.41, 5.74) is 3.46. The lowest BCUT2D eigenvalue weighted by molar-refractivity contribution is -0.385. The molecule has 0 amide bonds. The topological polar surface area (TPSA) is 120 Å². The average molecular weight is 549 g/mol. The van der Waals surface area contributed by atoms with Gasteiger partial charge in [-0.2, -0.15) is 0 Å². The first kappa shape index (κ1) is 23.8. The molecule has 0 spiro atoms. The minimum Gasteiger partial charge on any atom is -0.289 e. The van der Waals surface area contributed by atoms with Crippen molar-refractivity contribution in [3.63, 3.8) is 0 Å². The summed E-state index contributed by atoms with van der Waals surface area (Å²) in [5.74, 6) is -0.616. The van der Waals surface area contributed by atoms with E-state index < -0.39 is 15.6 Å². The number of fused-ring (bicyclic) bond motifs is 4. The van der Waals surface area contributed by atoms with E-state index in [1.54, 1.807) is 66.7 Å².